The van der Waals surface area contributed by atoms with Crippen molar-refractivity contribution in [3.05, 3.63) is 59.4 Å². The van der Waals surface area contributed by atoms with Gasteiger partial charge in [-0.25, -0.2) is 0 Å². The molecule has 0 aliphatic heterocycles. The molecule has 0 radical (unpaired) electrons. The van der Waals surface area contributed by atoms with Crippen molar-refractivity contribution in [3.8, 4) is 0 Å². The largest absolute Gasteiger partial charge is 0.312 e. The Morgan fingerprint density at radius 1 is 1.24 bits per heavy atom. The van der Waals surface area contributed by atoms with E-state index in [1.165, 1.54) is 0 Å². The van der Waals surface area contributed by atoms with Gasteiger partial charge in [-0.05, 0) is 55.2 Å². The Hall–Kier alpha value is -1.87. The molecule has 21 heavy (non-hydrogen) atoms. The van der Waals surface area contributed by atoms with Crippen molar-refractivity contribution >= 4 is 23.2 Å². The van der Waals surface area contributed by atoms with Crippen LogP contribution >= 0.6 is 11.6 Å². The summed E-state index contributed by atoms with van der Waals surface area (Å²) in [5.74, 6) is 0.427. The summed E-state index contributed by atoms with van der Waals surface area (Å²) in [6, 6.07) is 11.4. The first-order chi connectivity index (χ1) is 10.2. The summed E-state index contributed by atoms with van der Waals surface area (Å²) in [7, 11) is 0. The maximum Gasteiger partial charge on any atom is 0.230 e. The highest BCUT2D eigenvalue weighted by atomic mass is 35.5. The van der Waals surface area contributed by atoms with E-state index in [1.807, 2.05) is 47.5 Å². The van der Waals surface area contributed by atoms with Crippen LogP contribution in [0.2, 0.25) is 5.02 Å². The fourth-order valence-corrected chi connectivity index (χ4v) is 2.45. The summed E-state index contributed by atoms with van der Waals surface area (Å²) in [5, 5.41) is 0.685. The molecule has 0 bridgehead atoms. The molecule has 0 saturated heterocycles. The van der Waals surface area contributed by atoms with Gasteiger partial charge in [-0.3, -0.25) is 9.78 Å². The van der Waals surface area contributed by atoms with E-state index in [4.69, 9.17) is 11.6 Å². The molecule has 1 aromatic heterocycles. The lowest BCUT2D eigenvalue weighted by Crippen LogP contribution is -2.34. The van der Waals surface area contributed by atoms with Gasteiger partial charge in [-0.1, -0.05) is 17.7 Å². The summed E-state index contributed by atoms with van der Waals surface area (Å²) in [6.45, 7) is 0.669. The first-order valence-electron chi connectivity index (χ1n) is 7.20. The molecule has 0 N–H and O–H groups in total. The zero-order chi connectivity index (χ0) is 14.7. The number of hydrogen-bond acceptors (Lipinski definition) is 2. The molecule has 2 aromatic rings. The van der Waals surface area contributed by atoms with Crippen LogP contribution in [0.4, 0.5) is 5.69 Å². The number of hydrogen-bond donors (Lipinski definition) is 0. The molecule has 1 aromatic carbocycles. The van der Waals surface area contributed by atoms with Crippen LogP contribution in [0.3, 0.4) is 0 Å². The number of nitrogens with zero attached hydrogens (tertiary/aromatic N) is 2. The Kier molecular flexibility index (Phi) is 4.20. The number of amides is 1. The van der Waals surface area contributed by atoms with E-state index in [2.05, 4.69) is 4.98 Å². The topological polar surface area (TPSA) is 33.2 Å². The molecular formula is C17H17ClN2O. The van der Waals surface area contributed by atoms with Crippen LogP contribution in [0.15, 0.2) is 48.8 Å². The van der Waals surface area contributed by atoms with Gasteiger partial charge in [0.15, 0.2) is 0 Å². The van der Waals surface area contributed by atoms with E-state index >= 15 is 0 Å². The second-order valence-corrected chi connectivity index (χ2v) is 5.79. The third-order valence-electron chi connectivity index (χ3n) is 3.68. The normalized spacial score (nSPS) is 14.0. The fraction of sp³-hybridized carbons (Fsp3) is 0.294. The Morgan fingerprint density at radius 3 is 2.62 bits per heavy atom. The molecular weight excluding hydrogens is 284 g/mol. The van der Waals surface area contributed by atoms with Crippen LogP contribution in [-0.4, -0.2) is 17.4 Å². The summed E-state index contributed by atoms with van der Waals surface area (Å²) in [4.78, 5) is 18.5. The van der Waals surface area contributed by atoms with Crippen molar-refractivity contribution in [1.29, 1.82) is 0 Å². The smallest absolute Gasteiger partial charge is 0.230 e. The maximum absolute atomic E-state index is 12.5. The molecule has 0 unspecified atom stereocenters. The zero-order valence-electron chi connectivity index (χ0n) is 11.7. The molecule has 1 fully saturated rings. The van der Waals surface area contributed by atoms with E-state index in [-0.39, 0.29) is 11.8 Å². The number of halogens is 1. The minimum Gasteiger partial charge on any atom is -0.312 e. The van der Waals surface area contributed by atoms with Gasteiger partial charge in [-0.15, -0.1) is 0 Å². The van der Waals surface area contributed by atoms with Gasteiger partial charge in [0.25, 0.3) is 0 Å². The number of carbonyl (C=O) groups is 1. The van der Waals surface area contributed by atoms with Gasteiger partial charge < -0.3 is 4.90 Å². The predicted octanol–water partition coefficient (Wildman–Crippen LogP) is 3.72. The van der Waals surface area contributed by atoms with Crippen LogP contribution in [0.5, 0.6) is 0 Å². The molecule has 1 saturated carbocycles. The Balaban J connectivity index is 1.75. The quantitative estimate of drug-likeness (QED) is 0.843. The number of carbonyl (C=O) groups excluding carboxylic acids is 1. The molecule has 3 nitrogen and oxygen atoms in total. The number of aromatic nitrogens is 1. The highest BCUT2D eigenvalue weighted by Gasteiger charge is 2.33. The van der Waals surface area contributed by atoms with Crippen LogP contribution in [-0.2, 0) is 11.2 Å². The van der Waals surface area contributed by atoms with Crippen molar-refractivity contribution < 1.29 is 4.79 Å². The first-order valence-corrected chi connectivity index (χ1v) is 7.58. The second-order valence-electron chi connectivity index (χ2n) is 5.35. The Morgan fingerprint density at radius 2 is 2.00 bits per heavy atom. The standard InChI is InChI=1S/C17H17ClN2O/c18-15-5-7-16(8-6-15)20(17(21)14-3-4-14)11-9-13-2-1-10-19-12-13/h1-2,5-8,10,12,14H,3-4,9,11H2. The molecule has 0 spiro atoms. The lowest BCUT2D eigenvalue weighted by molar-refractivity contribution is -0.119. The monoisotopic (exact) mass is 300 g/mol. The number of benzene rings is 1. The summed E-state index contributed by atoms with van der Waals surface area (Å²) in [5.41, 5.74) is 2.06. The first kappa shape index (κ1) is 14.1. The fourth-order valence-electron chi connectivity index (χ4n) is 2.33. The third-order valence-corrected chi connectivity index (χ3v) is 3.93. The second kappa shape index (κ2) is 6.27. The van der Waals surface area contributed by atoms with Crippen molar-refractivity contribution in [1.82, 2.24) is 4.98 Å². The molecule has 3 rings (SSSR count). The molecule has 1 aliphatic carbocycles. The molecule has 1 aliphatic rings. The Labute approximate surface area is 129 Å². The van der Waals surface area contributed by atoms with E-state index in [0.717, 1.165) is 30.5 Å². The van der Waals surface area contributed by atoms with Crippen molar-refractivity contribution in [2.75, 3.05) is 11.4 Å². The van der Waals surface area contributed by atoms with E-state index in [9.17, 15) is 4.79 Å². The zero-order valence-corrected chi connectivity index (χ0v) is 12.5. The van der Waals surface area contributed by atoms with Gasteiger partial charge >= 0.3 is 0 Å². The number of rotatable bonds is 5. The van der Waals surface area contributed by atoms with Gasteiger partial charge in [0, 0.05) is 35.6 Å². The SMILES string of the molecule is O=C(C1CC1)N(CCc1cccnc1)c1ccc(Cl)cc1. The van der Waals surface area contributed by atoms with Crippen molar-refractivity contribution in [3.63, 3.8) is 0 Å². The van der Waals surface area contributed by atoms with Crippen LogP contribution < -0.4 is 4.90 Å². The number of anilines is 1. The van der Waals surface area contributed by atoms with Gasteiger partial charge in [0.05, 0.1) is 0 Å². The van der Waals surface area contributed by atoms with E-state index in [1.54, 1.807) is 6.20 Å². The van der Waals surface area contributed by atoms with Crippen molar-refractivity contribution in [2.24, 2.45) is 5.92 Å². The Bertz CT molecular complexity index is 608. The lowest BCUT2D eigenvalue weighted by atomic mass is 10.1. The van der Waals surface area contributed by atoms with E-state index < -0.39 is 0 Å². The van der Waals surface area contributed by atoms with Gasteiger partial charge in [0.1, 0.15) is 0 Å². The van der Waals surface area contributed by atoms with Crippen LogP contribution in [0.1, 0.15) is 18.4 Å². The van der Waals surface area contributed by atoms with Crippen molar-refractivity contribution in [2.45, 2.75) is 19.3 Å². The minimum atomic E-state index is 0.203. The van der Waals surface area contributed by atoms with Gasteiger partial charge in [-0.2, -0.15) is 0 Å². The van der Waals surface area contributed by atoms with Gasteiger partial charge in [0.2, 0.25) is 5.91 Å². The van der Waals surface area contributed by atoms with Crippen LogP contribution in [0.25, 0.3) is 0 Å². The summed E-state index contributed by atoms with van der Waals surface area (Å²) in [6.07, 6.45) is 6.43. The summed E-state index contributed by atoms with van der Waals surface area (Å²) >= 11 is 5.93. The highest BCUT2D eigenvalue weighted by molar-refractivity contribution is 6.30. The average Bonchev–Trinajstić information content (AvgIpc) is 3.35. The van der Waals surface area contributed by atoms with Crippen LogP contribution in [0, 0.1) is 5.92 Å². The molecule has 4 heteroatoms. The summed E-state index contributed by atoms with van der Waals surface area (Å²) < 4.78 is 0. The van der Waals surface area contributed by atoms with E-state index in [0.29, 0.717) is 11.6 Å². The minimum absolute atomic E-state index is 0.203. The molecule has 108 valence electrons. The third kappa shape index (κ3) is 3.61. The number of pyridine rings is 1. The molecule has 1 heterocycles. The average molecular weight is 301 g/mol. The highest BCUT2D eigenvalue weighted by Crippen LogP contribution is 2.33. The molecule has 1 amide bonds. The predicted molar refractivity (Wildman–Crippen MR) is 84.5 cm³/mol. The maximum atomic E-state index is 12.5. The molecule has 0 atom stereocenters. The lowest BCUT2D eigenvalue weighted by Gasteiger charge is -2.23.